The van der Waals surface area contributed by atoms with Crippen LogP contribution < -0.4 is 9.47 Å². The molecule has 3 heteroatoms. The number of para-hydroxylation sites is 1. The molecule has 5 aromatic rings. The second-order valence-corrected chi connectivity index (χ2v) is 12.4. The summed E-state index contributed by atoms with van der Waals surface area (Å²) in [5, 5.41) is 0. The second kappa shape index (κ2) is 17.0. The van der Waals surface area contributed by atoms with Gasteiger partial charge in [-0.3, -0.25) is 0 Å². The average molecular weight is 627 g/mol. The fourth-order valence-electron chi connectivity index (χ4n) is 6.56. The van der Waals surface area contributed by atoms with Crippen molar-refractivity contribution < 1.29 is 14.2 Å². The molecular weight excluding hydrogens is 576 g/mol. The molecule has 6 rings (SSSR count). The van der Waals surface area contributed by atoms with Crippen LogP contribution in [0.25, 0.3) is 22.3 Å². The van der Waals surface area contributed by atoms with Gasteiger partial charge in [-0.1, -0.05) is 149 Å². The van der Waals surface area contributed by atoms with E-state index in [0.717, 1.165) is 59.4 Å². The highest BCUT2D eigenvalue weighted by Gasteiger charge is 2.37. The summed E-state index contributed by atoms with van der Waals surface area (Å²) < 4.78 is 19.7. The molecule has 1 aliphatic carbocycles. The maximum absolute atomic E-state index is 6.60. The molecule has 0 aromatic heterocycles. The van der Waals surface area contributed by atoms with Crippen molar-refractivity contribution >= 4 is 0 Å². The minimum atomic E-state index is -0.399. The first-order valence-corrected chi connectivity index (χ1v) is 17.5. The van der Waals surface area contributed by atoms with Crippen molar-refractivity contribution in [3.63, 3.8) is 0 Å². The van der Waals surface area contributed by atoms with Crippen LogP contribution in [0.15, 0.2) is 127 Å². The van der Waals surface area contributed by atoms with Gasteiger partial charge in [0.1, 0.15) is 18.1 Å². The monoisotopic (exact) mass is 626 g/mol. The Morgan fingerprint density at radius 2 is 1.30 bits per heavy atom. The van der Waals surface area contributed by atoms with E-state index in [0.29, 0.717) is 13.2 Å². The lowest BCUT2D eigenvalue weighted by molar-refractivity contribution is -0.101. The maximum atomic E-state index is 6.60. The van der Waals surface area contributed by atoms with Gasteiger partial charge in [0, 0.05) is 17.5 Å². The molecule has 0 radical (unpaired) electrons. The highest BCUT2D eigenvalue weighted by Crippen LogP contribution is 2.43. The summed E-state index contributed by atoms with van der Waals surface area (Å²) in [6.07, 6.45) is 6.04. The van der Waals surface area contributed by atoms with E-state index in [2.05, 4.69) is 129 Å². The first-order valence-electron chi connectivity index (χ1n) is 17.5. The Balaban J connectivity index is 0.00000213. The molecule has 1 aliphatic rings. The first kappa shape index (κ1) is 34.0. The minimum absolute atomic E-state index is 0.0103. The molecule has 0 amide bonds. The van der Waals surface area contributed by atoms with E-state index in [9.17, 15) is 0 Å². The van der Waals surface area contributed by atoms with Gasteiger partial charge in [0.2, 0.25) is 6.29 Å². The van der Waals surface area contributed by atoms with Crippen molar-refractivity contribution in [3.05, 3.63) is 144 Å². The number of hydrogen-bond donors (Lipinski definition) is 0. The van der Waals surface area contributed by atoms with E-state index in [1.807, 2.05) is 26.0 Å². The fourth-order valence-corrected chi connectivity index (χ4v) is 6.56. The van der Waals surface area contributed by atoms with Crippen LogP contribution in [0, 0.1) is 0 Å². The molecule has 0 heterocycles. The molecule has 0 spiro atoms. The number of unbranched alkanes of at least 4 members (excludes halogenated alkanes) is 1. The highest BCUT2D eigenvalue weighted by molar-refractivity contribution is 5.82. The lowest BCUT2D eigenvalue weighted by atomic mass is 9.80. The summed E-state index contributed by atoms with van der Waals surface area (Å²) in [4.78, 5) is 0. The van der Waals surface area contributed by atoms with Gasteiger partial charge in [0.05, 0.1) is 6.61 Å². The molecule has 2 atom stereocenters. The lowest BCUT2D eigenvalue weighted by Gasteiger charge is -2.31. The highest BCUT2D eigenvalue weighted by atomic mass is 16.7. The molecule has 2 unspecified atom stereocenters. The van der Waals surface area contributed by atoms with Crippen LogP contribution in [-0.4, -0.2) is 19.5 Å². The van der Waals surface area contributed by atoms with Crippen molar-refractivity contribution in [2.24, 2.45) is 0 Å². The molecule has 0 fully saturated rings. The predicted molar refractivity (Wildman–Crippen MR) is 196 cm³/mol. The molecule has 3 nitrogen and oxygen atoms in total. The Morgan fingerprint density at radius 3 is 1.94 bits per heavy atom. The zero-order valence-electron chi connectivity index (χ0n) is 28.6. The van der Waals surface area contributed by atoms with E-state index in [-0.39, 0.29) is 5.41 Å². The quantitative estimate of drug-likeness (QED) is 0.0906. The summed E-state index contributed by atoms with van der Waals surface area (Å²) in [7, 11) is 0. The van der Waals surface area contributed by atoms with Gasteiger partial charge in [0.25, 0.3) is 0 Å². The normalized spacial score (nSPS) is 15.7. The number of fused-ring (bicyclic) bond motifs is 1. The van der Waals surface area contributed by atoms with E-state index >= 15 is 0 Å². The molecule has 0 saturated carbocycles. The van der Waals surface area contributed by atoms with Gasteiger partial charge >= 0.3 is 0 Å². The van der Waals surface area contributed by atoms with Gasteiger partial charge in [0.15, 0.2) is 0 Å². The van der Waals surface area contributed by atoms with Crippen molar-refractivity contribution in [1.82, 2.24) is 0 Å². The smallest absolute Gasteiger partial charge is 0.200 e. The van der Waals surface area contributed by atoms with Crippen molar-refractivity contribution in [2.45, 2.75) is 77.9 Å². The van der Waals surface area contributed by atoms with Crippen LogP contribution in [0.5, 0.6) is 11.5 Å². The molecule has 47 heavy (non-hydrogen) atoms. The fraction of sp³-hybridized carbons (Fsp3) is 0.318. The molecule has 0 bridgehead atoms. The van der Waals surface area contributed by atoms with Crippen LogP contribution in [-0.2, 0) is 23.0 Å². The van der Waals surface area contributed by atoms with Crippen molar-refractivity contribution in [1.29, 1.82) is 0 Å². The third-order valence-corrected chi connectivity index (χ3v) is 9.06. The van der Waals surface area contributed by atoms with Crippen LogP contribution >= 0.6 is 0 Å². The van der Waals surface area contributed by atoms with Gasteiger partial charge < -0.3 is 14.2 Å². The third-order valence-electron chi connectivity index (χ3n) is 9.06. The Hall–Kier alpha value is -4.34. The molecule has 5 aromatic carbocycles. The molecule has 0 saturated heterocycles. The van der Waals surface area contributed by atoms with Gasteiger partial charge in [-0.2, -0.15) is 0 Å². The van der Waals surface area contributed by atoms with E-state index in [4.69, 9.17) is 14.2 Å². The van der Waals surface area contributed by atoms with E-state index in [1.165, 1.54) is 29.5 Å². The average Bonchev–Trinajstić information content (AvgIpc) is 3.47. The van der Waals surface area contributed by atoms with Crippen LogP contribution in [0.4, 0.5) is 0 Å². The molecule has 0 N–H and O–H groups in total. The van der Waals surface area contributed by atoms with E-state index < -0.39 is 6.29 Å². The van der Waals surface area contributed by atoms with Crippen LogP contribution in [0.3, 0.4) is 0 Å². The van der Waals surface area contributed by atoms with Gasteiger partial charge in [-0.15, -0.1) is 0 Å². The minimum Gasteiger partial charge on any atom is -0.490 e. The summed E-state index contributed by atoms with van der Waals surface area (Å²) in [5.41, 5.74) is 8.59. The van der Waals surface area contributed by atoms with Gasteiger partial charge in [-0.05, 0) is 71.0 Å². The van der Waals surface area contributed by atoms with Crippen molar-refractivity contribution in [2.75, 3.05) is 13.2 Å². The Bertz CT molecular complexity index is 1590. The largest absolute Gasteiger partial charge is 0.490 e. The van der Waals surface area contributed by atoms with Crippen LogP contribution in [0.2, 0.25) is 0 Å². The standard InChI is InChI=1S/C42H44O3.C2H6/c1-3-4-14-32-23-25-36(26-24-32)45-40(31-42(2)28-27-35-19-11-12-22-39(35)42)43-29-30-44-41-37(33-15-7-5-8-16-33)20-13-21-38(41)34-17-9-6-10-18-34;1-2/h5-13,15-26,40H,3-4,14,27-31H2,1-2H3;1-2H3. The zero-order valence-corrected chi connectivity index (χ0v) is 28.6. The van der Waals surface area contributed by atoms with E-state index in [1.54, 1.807) is 0 Å². The number of ether oxygens (including phenoxy) is 3. The molecule has 0 aliphatic heterocycles. The summed E-state index contributed by atoms with van der Waals surface area (Å²) in [5.74, 6) is 1.71. The Morgan fingerprint density at radius 1 is 0.681 bits per heavy atom. The number of benzene rings is 5. The van der Waals surface area contributed by atoms with Gasteiger partial charge in [-0.25, -0.2) is 0 Å². The lowest BCUT2D eigenvalue weighted by Crippen LogP contribution is -2.32. The SMILES string of the molecule is CC.CCCCc1ccc(OC(CC2(C)CCc3ccccc32)OCCOc2c(-c3ccccc3)cccc2-c2ccccc2)cc1. The van der Waals surface area contributed by atoms with Crippen molar-refractivity contribution in [3.8, 4) is 33.8 Å². The summed E-state index contributed by atoms with van der Waals surface area (Å²) >= 11 is 0. The predicted octanol–water partition coefficient (Wildman–Crippen LogP) is 11.5. The maximum Gasteiger partial charge on any atom is 0.200 e. The topological polar surface area (TPSA) is 27.7 Å². The Kier molecular flexibility index (Phi) is 12.3. The Labute approximate surface area is 282 Å². The second-order valence-electron chi connectivity index (χ2n) is 12.4. The number of rotatable bonds is 14. The number of hydrogen-bond acceptors (Lipinski definition) is 3. The van der Waals surface area contributed by atoms with Crippen LogP contribution in [0.1, 0.15) is 70.1 Å². The third kappa shape index (κ3) is 8.73. The molecule has 244 valence electrons. The molecular formula is C44H50O3. The summed E-state index contributed by atoms with van der Waals surface area (Å²) in [6, 6.07) is 44.6. The first-order chi connectivity index (χ1) is 23.1. The summed E-state index contributed by atoms with van der Waals surface area (Å²) in [6.45, 7) is 9.40. The zero-order chi connectivity index (χ0) is 32.9. The number of aryl methyl sites for hydroxylation is 2.